The molecule has 0 saturated carbocycles. The number of rotatable bonds is 9. The van der Waals surface area contributed by atoms with Crippen molar-refractivity contribution in [2.75, 3.05) is 23.4 Å². The van der Waals surface area contributed by atoms with Gasteiger partial charge in [-0.2, -0.15) is 9.97 Å². The molecular formula is C25H26N12O5S. The molecule has 0 bridgehead atoms. The van der Waals surface area contributed by atoms with Gasteiger partial charge in [0.05, 0.1) is 31.0 Å². The van der Waals surface area contributed by atoms with Crippen LogP contribution in [0.3, 0.4) is 0 Å². The van der Waals surface area contributed by atoms with Gasteiger partial charge in [0.1, 0.15) is 11.6 Å². The third-order valence-corrected chi connectivity index (χ3v) is 6.13. The molecule has 0 saturated heterocycles. The van der Waals surface area contributed by atoms with Crippen molar-refractivity contribution in [2.45, 2.75) is 25.4 Å². The van der Waals surface area contributed by atoms with Crippen molar-refractivity contribution >= 4 is 69.8 Å². The molecule has 4 heterocycles. The number of nitrogens with one attached hydrogen (secondary N) is 3. The predicted molar refractivity (Wildman–Crippen MR) is 157 cm³/mol. The largest absolute Gasteiger partial charge is 0.481 e. The van der Waals surface area contributed by atoms with Crippen molar-refractivity contribution < 1.29 is 24.6 Å². The summed E-state index contributed by atoms with van der Waals surface area (Å²) in [5, 5.41) is 20.2. The summed E-state index contributed by atoms with van der Waals surface area (Å²) in [6, 6.07) is 5.16. The molecule has 18 heteroatoms. The highest BCUT2D eigenvalue weighted by Crippen LogP contribution is 2.19. The molecule has 0 radical (unpaired) electrons. The van der Waals surface area contributed by atoms with Crippen molar-refractivity contribution in [3.05, 3.63) is 59.0 Å². The van der Waals surface area contributed by atoms with Gasteiger partial charge < -0.3 is 41.9 Å². The second-order valence-electron chi connectivity index (χ2n) is 9.05. The Morgan fingerprint density at radius 1 is 1.05 bits per heavy atom. The Balaban J connectivity index is 0.000000353. The predicted octanol–water partition coefficient (Wildman–Crippen LogP) is 1.28. The van der Waals surface area contributed by atoms with Gasteiger partial charge in [-0.15, -0.1) is 0 Å². The maximum atomic E-state index is 12.4. The first-order chi connectivity index (χ1) is 20.5. The molecule has 0 fully saturated rings. The minimum atomic E-state index is -1.30. The van der Waals surface area contributed by atoms with E-state index in [0.29, 0.717) is 28.2 Å². The average molecular weight is 607 g/mol. The van der Waals surface area contributed by atoms with Gasteiger partial charge in [-0.25, -0.2) is 24.7 Å². The fourth-order valence-electron chi connectivity index (χ4n) is 3.79. The third-order valence-electron chi connectivity index (χ3n) is 5.93. The van der Waals surface area contributed by atoms with E-state index >= 15 is 0 Å². The van der Waals surface area contributed by atoms with Crippen LogP contribution in [0.25, 0.3) is 22.3 Å². The molecule has 0 unspecified atom stereocenters. The molecule has 0 aliphatic carbocycles. The Morgan fingerprint density at radius 3 is 2.49 bits per heavy atom. The van der Waals surface area contributed by atoms with Crippen LogP contribution in [0.1, 0.15) is 28.9 Å². The lowest BCUT2D eigenvalue weighted by Crippen LogP contribution is -2.41. The van der Waals surface area contributed by atoms with E-state index in [2.05, 4.69) is 45.2 Å². The van der Waals surface area contributed by atoms with Gasteiger partial charge in [-0.1, -0.05) is 0 Å². The summed E-state index contributed by atoms with van der Waals surface area (Å²) in [5.74, 6) is -2.91. The number of hydrogen-bond acceptors (Lipinski definition) is 13. The Bertz CT molecular complexity index is 1840. The highest BCUT2D eigenvalue weighted by atomic mass is 32.1. The van der Waals surface area contributed by atoms with Crippen LogP contribution < -0.4 is 21.7 Å². The summed E-state index contributed by atoms with van der Waals surface area (Å²) in [7, 11) is 1.82. The van der Waals surface area contributed by atoms with Gasteiger partial charge in [-0.3, -0.25) is 9.59 Å². The van der Waals surface area contributed by atoms with E-state index in [-0.39, 0.29) is 30.2 Å². The number of fused-ring (bicyclic) bond motifs is 2. The number of hydrogen-bond donors (Lipinski definition) is 7. The number of anilines is 3. The van der Waals surface area contributed by atoms with E-state index in [0.717, 1.165) is 16.9 Å². The van der Waals surface area contributed by atoms with Crippen molar-refractivity contribution in [3.63, 3.8) is 0 Å². The van der Waals surface area contributed by atoms with Crippen LogP contribution in [0.15, 0.2) is 43.0 Å². The van der Waals surface area contributed by atoms with E-state index in [4.69, 9.17) is 28.8 Å². The van der Waals surface area contributed by atoms with Crippen LogP contribution in [0, 0.1) is 4.77 Å². The number of H-pyrrole nitrogens is 2. The average Bonchev–Trinajstić information content (AvgIpc) is 3.43. The number of carboxylic acid groups (broad SMARTS) is 2. The maximum Gasteiger partial charge on any atom is 0.326 e. The molecule has 0 aliphatic heterocycles. The first-order valence-corrected chi connectivity index (χ1v) is 12.9. The Kier molecular flexibility index (Phi) is 9.30. The van der Waals surface area contributed by atoms with E-state index in [9.17, 15) is 19.5 Å². The summed E-state index contributed by atoms with van der Waals surface area (Å²) in [6.45, 7) is 0.370. The SMILES string of the molecule is CN(Cc1cnc2nc(N)nc(N)c2n1)c1ccc(C(=O)N[C@@H](CCC(=O)O)C(=O)O)cc1.S=c1ncc2[nH]cnc2[nH]1. The standard InChI is InChI=1S/C20H22N8O5.C5H4N4S/c1-28(9-11-8-23-17-15(24-11)16(21)26-20(22)27-17)12-4-2-10(3-5-12)18(31)25-13(19(32)33)6-7-14(29)30;10-5-6-1-3-4(9-5)8-2-7-3/h2-5,8,13H,6-7,9H2,1H3,(H,25,31)(H,29,30)(H,32,33)(H4,21,22,23,26,27);1-2H,(H2,6,7,8,9,10)/t13-;/m0./s1. The topological polar surface area (TPSA) is 268 Å². The quantitative estimate of drug-likeness (QED) is 0.116. The fraction of sp³-hybridized carbons (Fsp3) is 0.200. The van der Waals surface area contributed by atoms with Crippen molar-refractivity contribution in [1.82, 2.24) is 45.2 Å². The molecule has 5 rings (SSSR count). The molecule has 17 nitrogen and oxygen atoms in total. The third kappa shape index (κ3) is 7.91. The van der Waals surface area contributed by atoms with Crippen LogP contribution in [0.2, 0.25) is 0 Å². The maximum absolute atomic E-state index is 12.4. The summed E-state index contributed by atoms with van der Waals surface area (Å²) in [6.07, 6.45) is 4.21. The lowest BCUT2D eigenvalue weighted by atomic mass is 10.1. The first-order valence-electron chi connectivity index (χ1n) is 12.5. The van der Waals surface area contributed by atoms with Crippen LogP contribution in [0.5, 0.6) is 0 Å². The zero-order valence-electron chi connectivity index (χ0n) is 22.6. The van der Waals surface area contributed by atoms with Crippen LogP contribution in [-0.2, 0) is 16.1 Å². The van der Waals surface area contributed by atoms with Gasteiger partial charge in [-0.05, 0) is 42.9 Å². The number of carboxylic acids is 2. The number of aliphatic carboxylic acids is 2. The number of aromatic nitrogens is 8. The molecule has 5 aromatic rings. The second-order valence-corrected chi connectivity index (χ2v) is 9.44. The number of carbonyl (C=O) groups is 3. The molecule has 4 aromatic heterocycles. The number of amides is 1. The number of aromatic amines is 2. The Morgan fingerprint density at radius 2 is 1.79 bits per heavy atom. The second kappa shape index (κ2) is 13.3. The van der Waals surface area contributed by atoms with Crippen molar-refractivity contribution in [1.29, 1.82) is 0 Å². The van der Waals surface area contributed by atoms with Gasteiger partial charge in [0.25, 0.3) is 5.91 Å². The summed E-state index contributed by atoms with van der Waals surface area (Å²) in [5.41, 5.74) is 15.3. The normalized spacial score (nSPS) is 11.4. The lowest BCUT2D eigenvalue weighted by molar-refractivity contribution is -0.140. The number of nitrogens with two attached hydrogens (primary N) is 2. The van der Waals surface area contributed by atoms with Gasteiger partial charge in [0.15, 0.2) is 27.4 Å². The molecule has 1 atom stereocenters. The minimum absolute atomic E-state index is 0.0138. The molecular weight excluding hydrogens is 580 g/mol. The zero-order valence-corrected chi connectivity index (χ0v) is 23.4. The Hall–Kier alpha value is -5.78. The summed E-state index contributed by atoms with van der Waals surface area (Å²) >= 11 is 4.78. The Labute approximate surface area is 247 Å². The summed E-state index contributed by atoms with van der Waals surface area (Å²) in [4.78, 5) is 66.2. The molecule has 0 spiro atoms. The van der Waals surface area contributed by atoms with E-state index < -0.39 is 23.9 Å². The molecule has 222 valence electrons. The highest BCUT2D eigenvalue weighted by Gasteiger charge is 2.21. The number of nitrogens with zero attached hydrogens (tertiary/aromatic N) is 7. The van der Waals surface area contributed by atoms with Crippen molar-refractivity contribution in [2.24, 2.45) is 0 Å². The number of nitrogen functional groups attached to an aromatic ring is 2. The first kappa shape index (κ1) is 30.2. The smallest absolute Gasteiger partial charge is 0.326 e. The van der Waals surface area contributed by atoms with E-state index in [1.807, 2.05) is 11.9 Å². The number of benzene rings is 1. The zero-order chi connectivity index (χ0) is 31.1. The van der Waals surface area contributed by atoms with Crippen molar-refractivity contribution in [3.8, 4) is 0 Å². The molecule has 0 aliphatic rings. The van der Waals surface area contributed by atoms with E-state index in [1.54, 1.807) is 30.9 Å². The number of imidazole rings is 1. The molecule has 9 N–H and O–H groups in total. The van der Waals surface area contributed by atoms with E-state index in [1.165, 1.54) is 12.1 Å². The summed E-state index contributed by atoms with van der Waals surface area (Å²) < 4.78 is 0.458. The van der Waals surface area contributed by atoms with Gasteiger partial charge in [0.2, 0.25) is 5.95 Å². The fourth-order valence-corrected chi connectivity index (χ4v) is 3.94. The minimum Gasteiger partial charge on any atom is -0.481 e. The highest BCUT2D eigenvalue weighted by molar-refractivity contribution is 7.71. The number of carbonyl (C=O) groups excluding carboxylic acids is 1. The van der Waals surface area contributed by atoms with Crippen LogP contribution >= 0.6 is 12.2 Å². The molecule has 1 aromatic carbocycles. The van der Waals surface area contributed by atoms with Gasteiger partial charge >= 0.3 is 11.9 Å². The molecule has 43 heavy (non-hydrogen) atoms. The monoisotopic (exact) mass is 606 g/mol. The lowest BCUT2D eigenvalue weighted by Gasteiger charge is -2.19. The van der Waals surface area contributed by atoms with Crippen LogP contribution in [-0.4, -0.2) is 81.0 Å². The van der Waals surface area contributed by atoms with Gasteiger partial charge in [0, 0.05) is 24.7 Å². The van der Waals surface area contributed by atoms with Crippen LogP contribution in [0.4, 0.5) is 17.5 Å². The molecule has 1 amide bonds.